The number of carboxylic acid groups (broad SMARTS) is 1. The first kappa shape index (κ1) is 12.0. The van der Waals surface area contributed by atoms with Crippen LogP contribution in [0.25, 0.3) is 0 Å². The van der Waals surface area contributed by atoms with E-state index in [1.165, 1.54) is 17.5 Å². The predicted octanol–water partition coefficient (Wildman–Crippen LogP) is 1.19. The fourth-order valence-electron chi connectivity index (χ4n) is 1.27. The molecule has 0 bridgehead atoms. The maximum atomic E-state index is 11.7. The number of hydrogen-bond acceptors (Lipinski definition) is 6. The van der Waals surface area contributed by atoms with Crippen molar-refractivity contribution in [2.45, 2.75) is 0 Å². The van der Waals surface area contributed by atoms with Gasteiger partial charge in [0.05, 0.1) is 11.3 Å². The van der Waals surface area contributed by atoms with Crippen LogP contribution < -0.4 is 5.32 Å². The Morgan fingerprint density at radius 1 is 1.33 bits per heavy atom. The number of aromatic carboxylic acids is 1. The summed E-state index contributed by atoms with van der Waals surface area (Å²) in [4.78, 5) is 22.6. The Morgan fingerprint density at radius 2 is 2.11 bits per heavy atom. The molecule has 3 N–H and O–H groups in total. The number of carbonyl (C=O) groups is 2. The zero-order valence-corrected chi connectivity index (χ0v) is 9.64. The number of phenolic OH excluding ortho intramolecular Hbond substituents is 1. The number of rotatable bonds is 3. The lowest BCUT2D eigenvalue weighted by molar-refractivity contribution is 0.0697. The first-order valence-electron chi connectivity index (χ1n) is 4.72. The molecule has 7 nitrogen and oxygen atoms in total. The molecule has 0 aliphatic heterocycles. The monoisotopic (exact) mass is 265 g/mol. The summed E-state index contributed by atoms with van der Waals surface area (Å²) >= 11 is 1.01. The van der Waals surface area contributed by atoms with Crippen LogP contribution in [0.1, 0.15) is 20.8 Å². The zero-order valence-electron chi connectivity index (χ0n) is 8.82. The topological polar surface area (TPSA) is 112 Å². The van der Waals surface area contributed by atoms with Gasteiger partial charge in [-0.1, -0.05) is 4.49 Å². The predicted molar refractivity (Wildman–Crippen MR) is 62.9 cm³/mol. The Morgan fingerprint density at radius 3 is 2.72 bits per heavy atom. The Kier molecular flexibility index (Phi) is 3.20. The highest BCUT2D eigenvalue weighted by atomic mass is 32.1. The van der Waals surface area contributed by atoms with E-state index in [0.29, 0.717) is 0 Å². The van der Waals surface area contributed by atoms with E-state index >= 15 is 0 Å². The molecule has 0 radical (unpaired) electrons. The molecule has 2 rings (SSSR count). The number of carbonyl (C=O) groups excluding carboxylic acids is 1. The average molecular weight is 265 g/mol. The van der Waals surface area contributed by atoms with Crippen LogP contribution in [0.5, 0.6) is 5.75 Å². The molecule has 0 spiro atoms. The van der Waals surface area contributed by atoms with Gasteiger partial charge in [0.1, 0.15) is 5.75 Å². The quantitative estimate of drug-likeness (QED) is 0.718. The van der Waals surface area contributed by atoms with Crippen molar-refractivity contribution in [3.63, 3.8) is 0 Å². The molecule has 8 heteroatoms. The molecule has 2 aromatic rings. The number of phenols is 1. The van der Waals surface area contributed by atoms with Gasteiger partial charge in [0, 0.05) is 5.38 Å². The number of amides is 1. The number of anilines is 1. The highest BCUT2D eigenvalue weighted by molar-refractivity contribution is 7.03. The SMILES string of the molecule is O=C(Nc1ccc(O)cc1C(=O)O)c1csnn1. The van der Waals surface area contributed by atoms with Crippen LogP contribution in [0.3, 0.4) is 0 Å². The van der Waals surface area contributed by atoms with Crippen LogP contribution in [0, 0.1) is 0 Å². The second-order valence-corrected chi connectivity index (χ2v) is 3.89. The minimum Gasteiger partial charge on any atom is -0.508 e. The van der Waals surface area contributed by atoms with Crippen molar-refractivity contribution in [1.29, 1.82) is 0 Å². The summed E-state index contributed by atoms with van der Waals surface area (Å²) in [6.07, 6.45) is 0. The van der Waals surface area contributed by atoms with Crippen molar-refractivity contribution in [1.82, 2.24) is 9.59 Å². The normalized spacial score (nSPS) is 10.0. The largest absolute Gasteiger partial charge is 0.508 e. The minimum absolute atomic E-state index is 0.0818. The third-order valence-corrected chi connectivity index (χ3v) is 2.58. The van der Waals surface area contributed by atoms with E-state index in [0.717, 1.165) is 17.6 Å². The lowest BCUT2D eigenvalue weighted by Crippen LogP contribution is -2.15. The zero-order chi connectivity index (χ0) is 13.1. The van der Waals surface area contributed by atoms with E-state index in [1.54, 1.807) is 0 Å². The average Bonchev–Trinajstić information content (AvgIpc) is 2.84. The molecule has 0 aliphatic rings. The van der Waals surface area contributed by atoms with Gasteiger partial charge in [0.25, 0.3) is 5.91 Å². The first-order valence-corrected chi connectivity index (χ1v) is 5.56. The summed E-state index contributed by atoms with van der Waals surface area (Å²) in [6, 6.07) is 3.63. The first-order chi connectivity index (χ1) is 8.58. The molecule has 0 unspecified atom stereocenters. The molecule has 0 saturated heterocycles. The Hall–Kier alpha value is -2.48. The van der Waals surface area contributed by atoms with Crippen LogP contribution in [-0.4, -0.2) is 31.7 Å². The molecule has 0 fully saturated rings. The van der Waals surface area contributed by atoms with Gasteiger partial charge >= 0.3 is 5.97 Å². The second-order valence-electron chi connectivity index (χ2n) is 3.28. The van der Waals surface area contributed by atoms with E-state index in [-0.39, 0.29) is 22.7 Å². The van der Waals surface area contributed by atoms with Crippen molar-refractivity contribution in [2.75, 3.05) is 5.32 Å². The fraction of sp³-hybridized carbons (Fsp3) is 0. The minimum atomic E-state index is -1.25. The van der Waals surface area contributed by atoms with Gasteiger partial charge in [0.2, 0.25) is 0 Å². The third kappa shape index (κ3) is 2.43. The van der Waals surface area contributed by atoms with Crippen LogP contribution in [0.2, 0.25) is 0 Å². The van der Waals surface area contributed by atoms with Crippen molar-refractivity contribution < 1.29 is 19.8 Å². The number of nitrogens with one attached hydrogen (secondary N) is 1. The third-order valence-electron chi connectivity index (χ3n) is 2.07. The molecule has 92 valence electrons. The Balaban J connectivity index is 2.29. The highest BCUT2D eigenvalue weighted by Gasteiger charge is 2.15. The summed E-state index contributed by atoms with van der Waals surface area (Å²) in [5.74, 6) is -2.00. The Bertz CT molecular complexity index is 597. The smallest absolute Gasteiger partial charge is 0.337 e. The number of carboxylic acids is 1. The van der Waals surface area contributed by atoms with Crippen LogP contribution in [0.15, 0.2) is 23.6 Å². The molecular formula is C10H7N3O4S. The molecule has 1 heterocycles. The number of hydrogen-bond donors (Lipinski definition) is 3. The molecule has 18 heavy (non-hydrogen) atoms. The maximum absolute atomic E-state index is 11.7. The lowest BCUT2D eigenvalue weighted by atomic mass is 10.1. The highest BCUT2D eigenvalue weighted by Crippen LogP contribution is 2.21. The van der Waals surface area contributed by atoms with E-state index in [4.69, 9.17) is 5.11 Å². The molecular weight excluding hydrogens is 258 g/mol. The summed E-state index contributed by atoms with van der Waals surface area (Å²) in [5, 5.41) is 25.6. The van der Waals surface area contributed by atoms with Crippen molar-refractivity contribution >= 4 is 29.1 Å². The standard InChI is InChI=1S/C10H7N3O4S/c14-5-1-2-7(6(3-5)10(16)17)11-9(15)8-4-18-13-12-8/h1-4,14H,(H,11,15)(H,16,17). The molecule has 1 amide bonds. The lowest BCUT2D eigenvalue weighted by Gasteiger charge is -2.07. The van der Waals surface area contributed by atoms with Gasteiger partial charge in [-0.3, -0.25) is 4.79 Å². The fourth-order valence-corrected chi connectivity index (χ4v) is 1.70. The van der Waals surface area contributed by atoms with E-state index < -0.39 is 11.9 Å². The van der Waals surface area contributed by atoms with Gasteiger partial charge in [-0.05, 0) is 29.7 Å². The number of nitrogens with zero attached hydrogens (tertiary/aromatic N) is 2. The van der Waals surface area contributed by atoms with Crippen LogP contribution in [-0.2, 0) is 0 Å². The summed E-state index contributed by atoms with van der Waals surface area (Å²) in [5.41, 5.74) is -0.0192. The number of aromatic hydroxyl groups is 1. The molecule has 0 atom stereocenters. The van der Waals surface area contributed by atoms with E-state index in [1.807, 2.05) is 0 Å². The number of benzene rings is 1. The van der Waals surface area contributed by atoms with Gasteiger partial charge in [0.15, 0.2) is 5.69 Å². The van der Waals surface area contributed by atoms with Crippen molar-refractivity contribution in [3.8, 4) is 5.75 Å². The van der Waals surface area contributed by atoms with Crippen molar-refractivity contribution in [3.05, 3.63) is 34.8 Å². The molecule has 0 saturated carbocycles. The van der Waals surface area contributed by atoms with Gasteiger partial charge in [-0.25, -0.2) is 4.79 Å². The summed E-state index contributed by atoms with van der Waals surface area (Å²) in [6.45, 7) is 0. The maximum Gasteiger partial charge on any atom is 0.337 e. The van der Waals surface area contributed by atoms with Crippen LogP contribution in [0.4, 0.5) is 5.69 Å². The Labute approximate surface area is 105 Å². The van der Waals surface area contributed by atoms with Crippen LogP contribution >= 0.6 is 11.5 Å². The van der Waals surface area contributed by atoms with Gasteiger partial charge < -0.3 is 15.5 Å². The second kappa shape index (κ2) is 4.80. The summed E-state index contributed by atoms with van der Waals surface area (Å²) in [7, 11) is 0. The van der Waals surface area contributed by atoms with E-state index in [2.05, 4.69) is 14.9 Å². The molecule has 1 aromatic carbocycles. The van der Waals surface area contributed by atoms with E-state index in [9.17, 15) is 14.7 Å². The summed E-state index contributed by atoms with van der Waals surface area (Å²) < 4.78 is 3.53. The molecule has 0 aliphatic carbocycles. The number of aromatic nitrogens is 2. The van der Waals surface area contributed by atoms with Crippen molar-refractivity contribution in [2.24, 2.45) is 0 Å². The van der Waals surface area contributed by atoms with Gasteiger partial charge in [-0.2, -0.15) is 0 Å². The molecule has 1 aromatic heterocycles. The van der Waals surface area contributed by atoms with Gasteiger partial charge in [-0.15, -0.1) is 5.10 Å².